The molecule has 0 spiro atoms. The number of halogens is 3. The first kappa shape index (κ1) is 18.0. The van der Waals surface area contributed by atoms with Gasteiger partial charge in [0.2, 0.25) is 11.8 Å². The van der Waals surface area contributed by atoms with E-state index in [1.807, 2.05) is 12.1 Å². The van der Waals surface area contributed by atoms with Crippen molar-refractivity contribution >= 4 is 5.91 Å². The zero-order valence-corrected chi connectivity index (χ0v) is 14.0. The standard InChI is InChI=1S/C18H17F3N2O3/c1-25-14-5-2-12(3-6-14)8-17(24)23-10-15(11-23)26-16-7-4-13(9-22-16)18(19,20)21/h2-7,9,15H,8,10-11H2,1H3. The Labute approximate surface area is 148 Å². The van der Waals surface area contributed by atoms with E-state index in [4.69, 9.17) is 9.47 Å². The lowest BCUT2D eigenvalue weighted by Crippen LogP contribution is -2.56. The van der Waals surface area contributed by atoms with Gasteiger partial charge in [-0.1, -0.05) is 12.1 Å². The predicted molar refractivity (Wildman–Crippen MR) is 86.9 cm³/mol. The molecule has 1 fully saturated rings. The van der Waals surface area contributed by atoms with E-state index in [-0.39, 0.29) is 24.3 Å². The number of amides is 1. The van der Waals surface area contributed by atoms with Crippen molar-refractivity contribution < 1.29 is 27.4 Å². The Balaban J connectivity index is 1.46. The highest BCUT2D eigenvalue weighted by molar-refractivity contribution is 5.79. The van der Waals surface area contributed by atoms with Crippen molar-refractivity contribution in [2.75, 3.05) is 20.2 Å². The van der Waals surface area contributed by atoms with E-state index < -0.39 is 11.7 Å². The number of hydrogen-bond donors (Lipinski definition) is 0. The smallest absolute Gasteiger partial charge is 0.417 e. The fourth-order valence-electron chi connectivity index (χ4n) is 2.53. The van der Waals surface area contributed by atoms with Crippen molar-refractivity contribution in [3.63, 3.8) is 0 Å². The van der Waals surface area contributed by atoms with Gasteiger partial charge in [-0.3, -0.25) is 4.79 Å². The van der Waals surface area contributed by atoms with Crippen LogP contribution in [-0.4, -0.2) is 42.1 Å². The number of likely N-dealkylation sites (tertiary alicyclic amines) is 1. The summed E-state index contributed by atoms with van der Waals surface area (Å²) in [6.45, 7) is 0.773. The maximum Gasteiger partial charge on any atom is 0.417 e. The first-order valence-corrected chi connectivity index (χ1v) is 7.96. The van der Waals surface area contributed by atoms with E-state index in [9.17, 15) is 18.0 Å². The molecule has 0 atom stereocenters. The Hall–Kier alpha value is -2.77. The van der Waals surface area contributed by atoms with Gasteiger partial charge in [-0.25, -0.2) is 4.98 Å². The van der Waals surface area contributed by atoms with Gasteiger partial charge in [0.1, 0.15) is 11.9 Å². The molecule has 0 unspecified atom stereocenters. The molecule has 1 aromatic heterocycles. The molecule has 1 amide bonds. The van der Waals surface area contributed by atoms with Gasteiger partial charge in [-0.15, -0.1) is 0 Å². The van der Waals surface area contributed by atoms with Gasteiger partial charge in [-0.05, 0) is 23.8 Å². The highest BCUT2D eigenvalue weighted by Gasteiger charge is 2.33. The summed E-state index contributed by atoms with van der Waals surface area (Å²) in [5.74, 6) is 0.809. The fourth-order valence-corrected chi connectivity index (χ4v) is 2.53. The molecule has 2 heterocycles. The van der Waals surface area contributed by atoms with Crippen LogP contribution in [0.5, 0.6) is 11.6 Å². The maximum atomic E-state index is 12.5. The summed E-state index contributed by atoms with van der Waals surface area (Å²) >= 11 is 0. The number of rotatable bonds is 5. The quantitative estimate of drug-likeness (QED) is 0.817. The molecule has 0 saturated carbocycles. The second kappa shape index (κ2) is 7.23. The van der Waals surface area contributed by atoms with Crippen molar-refractivity contribution in [3.05, 3.63) is 53.7 Å². The van der Waals surface area contributed by atoms with E-state index in [2.05, 4.69) is 4.98 Å². The van der Waals surface area contributed by atoms with Crippen LogP contribution < -0.4 is 9.47 Å². The molecular weight excluding hydrogens is 349 g/mol. The number of pyridine rings is 1. The van der Waals surface area contributed by atoms with Crippen molar-refractivity contribution in [1.29, 1.82) is 0 Å². The molecule has 8 heteroatoms. The Morgan fingerprint density at radius 3 is 2.42 bits per heavy atom. The summed E-state index contributed by atoms with van der Waals surface area (Å²) in [5.41, 5.74) is 0.0549. The van der Waals surface area contributed by atoms with Gasteiger partial charge in [0, 0.05) is 12.3 Å². The second-order valence-corrected chi connectivity index (χ2v) is 5.95. The first-order valence-electron chi connectivity index (χ1n) is 7.96. The van der Waals surface area contributed by atoms with Crippen LogP contribution in [0.15, 0.2) is 42.6 Å². The van der Waals surface area contributed by atoms with Gasteiger partial charge in [0.25, 0.3) is 0 Å². The van der Waals surface area contributed by atoms with Crippen LogP contribution in [0.3, 0.4) is 0 Å². The lowest BCUT2D eigenvalue weighted by molar-refractivity contribution is -0.140. The maximum absolute atomic E-state index is 12.5. The Bertz CT molecular complexity index is 755. The molecule has 3 rings (SSSR count). The Morgan fingerprint density at radius 1 is 1.19 bits per heavy atom. The van der Waals surface area contributed by atoms with Crippen molar-refractivity contribution in [2.24, 2.45) is 0 Å². The monoisotopic (exact) mass is 366 g/mol. The summed E-state index contributed by atoms with van der Waals surface area (Å²) in [6, 6.07) is 9.35. The third-order valence-corrected chi connectivity index (χ3v) is 4.07. The molecule has 1 saturated heterocycles. The molecule has 0 radical (unpaired) electrons. The minimum absolute atomic E-state index is 0.0320. The van der Waals surface area contributed by atoms with Crippen molar-refractivity contribution in [3.8, 4) is 11.6 Å². The molecule has 0 N–H and O–H groups in total. The molecule has 0 bridgehead atoms. The number of nitrogens with zero attached hydrogens (tertiary/aromatic N) is 2. The minimum atomic E-state index is -4.42. The molecule has 1 aliphatic rings. The zero-order chi connectivity index (χ0) is 18.7. The van der Waals surface area contributed by atoms with Gasteiger partial charge >= 0.3 is 6.18 Å². The van der Waals surface area contributed by atoms with E-state index in [0.29, 0.717) is 13.1 Å². The summed E-state index contributed by atoms with van der Waals surface area (Å²) in [5, 5.41) is 0. The van der Waals surface area contributed by atoms with Crippen LogP contribution in [0.4, 0.5) is 13.2 Å². The van der Waals surface area contributed by atoms with Gasteiger partial charge in [0.05, 0.1) is 32.2 Å². The first-order chi connectivity index (χ1) is 12.3. The predicted octanol–water partition coefficient (Wildman–Crippen LogP) is 2.94. The summed E-state index contributed by atoms with van der Waals surface area (Å²) < 4.78 is 48.0. The van der Waals surface area contributed by atoms with Gasteiger partial charge < -0.3 is 14.4 Å². The van der Waals surface area contributed by atoms with Crippen molar-refractivity contribution in [1.82, 2.24) is 9.88 Å². The minimum Gasteiger partial charge on any atom is -0.497 e. The summed E-state index contributed by atoms with van der Waals surface area (Å²) in [6.07, 6.45) is -3.68. The van der Waals surface area contributed by atoms with E-state index >= 15 is 0 Å². The average molecular weight is 366 g/mol. The van der Waals surface area contributed by atoms with Crippen LogP contribution in [0.1, 0.15) is 11.1 Å². The van der Waals surface area contributed by atoms with Crippen LogP contribution in [0, 0.1) is 0 Å². The highest BCUT2D eigenvalue weighted by atomic mass is 19.4. The largest absolute Gasteiger partial charge is 0.497 e. The summed E-state index contributed by atoms with van der Waals surface area (Å²) in [4.78, 5) is 17.5. The number of alkyl halides is 3. The lowest BCUT2D eigenvalue weighted by Gasteiger charge is -2.38. The molecule has 26 heavy (non-hydrogen) atoms. The number of carbonyl (C=O) groups excluding carboxylic acids is 1. The molecule has 5 nitrogen and oxygen atoms in total. The van der Waals surface area contributed by atoms with Crippen LogP contribution in [0.2, 0.25) is 0 Å². The Morgan fingerprint density at radius 2 is 1.88 bits per heavy atom. The number of benzene rings is 1. The second-order valence-electron chi connectivity index (χ2n) is 5.95. The fraction of sp³-hybridized carbons (Fsp3) is 0.333. The highest BCUT2D eigenvalue weighted by Crippen LogP contribution is 2.29. The topological polar surface area (TPSA) is 51.7 Å². The molecule has 1 aliphatic heterocycles. The van der Waals surface area contributed by atoms with Crippen LogP contribution >= 0.6 is 0 Å². The van der Waals surface area contributed by atoms with E-state index in [0.717, 1.165) is 23.6 Å². The van der Waals surface area contributed by atoms with Gasteiger partial charge in [0.15, 0.2) is 0 Å². The lowest BCUT2D eigenvalue weighted by atomic mass is 10.1. The molecule has 1 aromatic carbocycles. The Kier molecular flexibility index (Phi) is 5.01. The van der Waals surface area contributed by atoms with Crippen molar-refractivity contribution in [2.45, 2.75) is 18.7 Å². The molecule has 0 aliphatic carbocycles. The number of aromatic nitrogens is 1. The molecule has 138 valence electrons. The zero-order valence-electron chi connectivity index (χ0n) is 14.0. The van der Waals surface area contributed by atoms with Crippen LogP contribution in [-0.2, 0) is 17.4 Å². The number of methoxy groups -OCH3 is 1. The SMILES string of the molecule is COc1ccc(CC(=O)N2CC(Oc3ccc(C(F)(F)F)cn3)C2)cc1. The molecule has 2 aromatic rings. The summed E-state index contributed by atoms with van der Waals surface area (Å²) in [7, 11) is 1.58. The van der Waals surface area contributed by atoms with Crippen LogP contribution in [0.25, 0.3) is 0 Å². The normalized spacial score (nSPS) is 14.7. The number of carbonyl (C=O) groups is 1. The van der Waals surface area contributed by atoms with Gasteiger partial charge in [-0.2, -0.15) is 13.2 Å². The number of hydrogen-bond acceptors (Lipinski definition) is 4. The van der Waals surface area contributed by atoms with E-state index in [1.165, 1.54) is 6.07 Å². The number of ether oxygens (including phenoxy) is 2. The molecular formula is C18H17F3N2O3. The third kappa shape index (κ3) is 4.25. The average Bonchev–Trinajstić information content (AvgIpc) is 2.58. The third-order valence-electron chi connectivity index (χ3n) is 4.07. The van der Waals surface area contributed by atoms with E-state index in [1.54, 1.807) is 24.1 Å².